The van der Waals surface area contributed by atoms with Crippen LogP contribution in [0.2, 0.25) is 0 Å². The predicted molar refractivity (Wildman–Crippen MR) is 112 cm³/mol. The zero-order valence-electron chi connectivity index (χ0n) is 19.3. The number of hydrogen-bond acceptors (Lipinski definition) is 5. The standard InChI is InChI=1S/C25H38O5/c1-6-17-8-10-20-19-9-7-18-13-22(28)25(29-15(2)26,30-16(3)27)14-24(18,5)21(19)11-12-23(17,20)4/h17-21H,6-14H2,1-5H3/t17-,18?,19-,20-,21-,23+,24-/m0/s1. The minimum atomic E-state index is -1.74. The Morgan fingerprint density at radius 2 is 1.57 bits per heavy atom. The molecule has 5 nitrogen and oxygen atoms in total. The maximum Gasteiger partial charge on any atom is 0.316 e. The van der Waals surface area contributed by atoms with Gasteiger partial charge in [0, 0.05) is 26.7 Å². The number of carbonyl (C=O) groups is 3. The average molecular weight is 419 g/mol. The summed E-state index contributed by atoms with van der Waals surface area (Å²) in [6.07, 6.45) is 9.20. The van der Waals surface area contributed by atoms with Crippen molar-refractivity contribution in [1.29, 1.82) is 0 Å². The molecule has 168 valence electrons. The number of carbonyl (C=O) groups excluding carboxylic acids is 3. The molecular formula is C25H38O5. The van der Waals surface area contributed by atoms with Crippen LogP contribution in [0.3, 0.4) is 0 Å². The average Bonchev–Trinajstić information content (AvgIpc) is 2.98. The molecular weight excluding hydrogens is 380 g/mol. The van der Waals surface area contributed by atoms with Gasteiger partial charge in [0.1, 0.15) is 0 Å². The second-order valence-corrected chi connectivity index (χ2v) is 11.1. The number of esters is 2. The first-order valence-corrected chi connectivity index (χ1v) is 12.0. The molecule has 7 atom stereocenters. The second-order valence-electron chi connectivity index (χ2n) is 11.1. The van der Waals surface area contributed by atoms with Gasteiger partial charge in [-0.3, -0.25) is 14.4 Å². The third kappa shape index (κ3) is 3.14. The molecule has 0 N–H and O–H groups in total. The van der Waals surface area contributed by atoms with Crippen LogP contribution < -0.4 is 0 Å². The molecule has 1 unspecified atom stereocenters. The molecule has 30 heavy (non-hydrogen) atoms. The molecule has 0 radical (unpaired) electrons. The Balaban J connectivity index is 1.67. The van der Waals surface area contributed by atoms with Crippen LogP contribution >= 0.6 is 0 Å². The fourth-order valence-electron chi connectivity index (χ4n) is 8.58. The van der Waals surface area contributed by atoms with E-state index in [0.29, 0.717) is 30.1 Å². The van der Waals surface area contributed by atoms with Crippen molar-refractivity contribution < 1.29 is 23.9 Å². The molecule has 0 spiro atoms. The second kappa shape index (κ2) is 7.34. The summed E-state index contributed by atoms with van der Waals surface area (Å²) >= 11 is 0. The van der Waals surface area contributed by atoms with Crippen molar-refractivity contribution in [2.75, 3.05) is 0 Å². The molecule has 0 bridgehead atoms. The van der Waals surface area contributed by atoms with Gasteiger partial charge in [0.15, 0.2) is 0 Å². The van der Waals surface area contributed by atoms with E-state index in [4.69, 9.17) is 9.47 Å². The molecule has 4 saturated carbocycles. The Bertz CT molecular complexity index is 728. The van der Waals surface area contributed by atoms with Crippen molar-refractivity contribution in [1.82, 2.24) is 0 Å². The highest BCUT2D eigenvalue weighted by atomic mass is 16.7. The number of hydrogen-bond donors (Lipinski definition) is 0. The smallest absolute Gasteiger partial charge is 0.316 e. The molecule has 0 aliphatic heterocycles. The van der Waals surface area contributed by atoms with E-state index >= 15 is 0 Å². The van der Waals surface area contributed by atoms with E-state index in [1.807, 2.05) is 0 Å². The van der Waals surface area contributed by atoms with E-state index in [-0.39, 0.29) is 17.1 Å². The van der Waals surface area contributed by atoms with Gasteiger partial charge in [0.2, 0.25) is 5.78 Å². The summed E-state index contributed by atoms with van der Waals surface area (Å²) in [4.78, 5) is 36.9. The van der Waals surface area contributed by atoms with E-state index in [1.54, 1.807) is 0 Å². The van der Waals surface area contributed by atoms with Crippen molar-refractivity contribution in [3.63, 3.8) is 0 Å². The van der Waals surface area contributed by atoms with E-state index in [2.05, 4.69) is 20.8 Å². The lowest BCUT2D eigenvalue weighted by Crippen LogP contribution is -2.61. The van der Waals surface area contributed by atoms with Crippen LogP contribution in [-0.2, 0) is 23.9 Å². The number of rotatable bonds is 3. The minimum absolute atomic E-state index is 0.159. The SMILES string of the molecule is CC[C@H]1CC[C@H]2[C@@H]3CCC4CC(=O)C(OC(C)=O)(OC(C)=O)C[C@]4(C)[C@H]3CC[C@]12C. The van der Waals surface area contributed by atoms with Crippen molar-refractivity contribution in [2.24, 2.45) is 40.4 Å². The fourth-order valence-corrected chi connectivity index (χ4v) is 8.58. The summed E-state index contributed by atoms with van der Waals surface area (Å²) in [6.45, 7) is 9.70. The summed E-state index contributed by atoms with van der Waals surface area (Å²) < 4.78 is 11.0. The molecule has 0 aromatic heterocycles. The molecule has 0 aromatic carbocycles. The van der Waals surface area contributed by atoms with E-state index < -0.39 is 17.7 Å². The number of fused-ring (bicyclic) bond motifs is 5. The number of Topliss-reactive ketones (excluding diaryl/α,β-unsaturated/α-hetero) is 1. The molecule has 4 aliphatic rings. The zero-order valence-corrected chi connectivity index (χ0v) is 19.3. The minimum Gasteiger partial charge on any atom is -0.415 e. The van der Waals surface area contributed by atoms with Crippen LogP contribution in [0, 0.1) is 40.4 Å². The Labute approximate surface area is 180 Å². The van der Waals surface area contributed by atoms with Gasteiger partial charge in [0.25, 0.3) is 0 Å². The summed E-state index contributed by atoms with van der Waals surface area (Å²) in [7, 11) is 0. The maximum absolute atomic E-state index is 13.1. The van der Waals surface area contributed by atoms with Gasteiger partial charge in [-0.15, -0.1) is 0 Å². The molecule has 0 saturated heterocycles. The lowest BCUT2D eigenvalue weighted by atomic mass is 9.44. The first-order valence-electron chi connectivity index (χ1n) is 12.0. The highest BCUT2D eigenvalue weighted by Crippen LogP contribution is 2.68. The fraction of sp³-hybridized carbons (Fsp3) is 0.880. The highest BCUT2D eigenvalue weighted by Gasteiger charge is 2.65. The first kappa shape index (κ1) is 21.8. The Morgan fingerprint density at radius 1 is 0.933 bits per heavy atom. The van der Waals surface area contributed by atoms with Crippen LogP contribution in [-0.4, -0.2) is 23.5 Å². The summed E-state index contributed by atoms with van der Waals surface area (Å²) in [5.41, 5.74) is 0.278. The highest BCUT2D eigenvalue weighted by molar-refractivity contribution is 5.91. The molecule has 0 heterocycles. The summed E-state index contributed by atoms with van der Waals surface area (Å²) in [5, 5.41) is 0. The number of ketones is 1. The van der Waals surface area contributed by atoms with Crippen molar-refractivity contribution in [2.45, 2.75) is 98.2 Å². The first-order chi connectivity index (χ1) is 14.1. The molecule has 5 heteroatoms. The van der Waals surface area contributed by atoms with Gasteiger partial charge in [-0.1, -0.05) is 27.2 Å². The van der Waals surface area contributed by atoms with Gasteiger partial charge >= 0.3 is 17.7 Å². The zero-order chi connectivity index (χ0) is 21.9. The maximum atomic E-state index is 13.1. The van der Waals surface area contributed by atoms with E-state index in [1.165, 1.54) is 46.0 Å². The Hall–Kier alpha value is -1.39. The van der Waals surface area contributed by atoms with Crippen LogP contribution in [0.25, 0.3) is 0 Å². The largest absolute Gasteiger partial charge is 0.415 e. The summed E-state index contributed by atoms with van der Waals surface area (Å²) in [5.74, 6) is -0.150. The van der Waals surface area contributed by atoms with Gasteiger partial charge in [-0.25, -0.2) is 0 Å². The van der Waals surface area contributed by atoms with Crippen LogP contribution in [0.1, 0.15) is 92.4 Å². The lowest BCUT2D eigenvalue weighted by Gasteiger charge is -2.61. The van der Waals surface area contributed by atoms with Gasteiger partial charge < -0.3 is 9.47 Å². The van der Waals surface area contributed by atoms with Crippen molar-refractivity contribution in [3.05, 3.63) is 0 Å². The monoisotopic (exact) mass is 418 g/mol. The van der Waals surface area contributed by atoms with Gasteiger partial charge in [0.05, 0.1) is 0 Å². The molecule has 4 aliphatic carbocycles. The van der Waals surface area contributed by atoms with Crippen molar-refractivity contribution >= 4 is 17.7 Å². The molecule has 0 aromatic rings. The predicted octanol–water partition coefficient (Wildman–Crippen LogP) is 5.06. The Kier molecular flexibility index (Phi) is 5.34. The number of ether oxygens (including phenoxy) is 2. The summed E-state index contributed by atoms with van der Waals surface area (Å²) in [6, 6.07) is 0. The van der Waals surface area contributed by atoms with Crippen LogP contribution in [0.15, 0.2) is 0 Å². The lowest BCUT2D eigenvalue weighted by molar-refractivity contribution is -0.252. The topological polar surface area (TPSA) is 69.7 Å². The third-order valence-corrected chi connectivity index (χ3v) is 9.84. The van der Waals surface area contributed by atoms with Crippen molar-refractivity contribution in [3.8, 4) is 0 Å². The molecule has 4 rings (SSSR count). The third-order valence-electron chi connectivity index (χ3n) is 9.84. The molecule has 4 fully saturated rings. The van der Waals surface area contributed by atoms with E-state index in [9.17, 15) is 14.4 Å². The quantitative estimate of drug-likeness (QED) is 0.473. The normalized spacial score (nSPS) is 44.4. The Morgan fingerprint density at radius 3 is 2.17 bits per heavy atom. The van der Waals surface area contributed by atoms with E-state index in [0.717, 1.165) is 24.7 Å². The van der Waals surface area contributed by atoms with Crippen LogP contribution in [0.4, 0.5) is 0 Å². The van der Waals surface area contributed by atoms with Crippen LogP contribution in [0.5, 0.6) is 0 Å². The van der Waals surface area contributed by atoms with Gasteiger partial charge in [-0.2, -0.15) is 0 Å². The molecule has 0 amide bonds. The van der Waals surface area contributed by atoms with Gasteiger partial charge in [-0.05, 0) is 78.9 Å².